The number of hydrogen-bond donors (Lipinski definition) is 1. The molecule has 148 valence electrons. The lowest BCUT2D eigenvalue weighted by atomic mass is 10.0. The van der Waals surface area contributed by atoms with Crippen molar-refractivity contribution in [3.8, 4) is 11.5 Å². The zero-order valence-corrected chi connectivity index (χ0v) is 16.2. The van der Waals surface area contributed by atoms with Crippen LogP contribution in [0.4, 0.5) is 0 Å². The van der Waals surface area contributed by atoms with Crippen LogP contribution in [0.3, 0.4) is 0 Å². The minimum absolute atomic E-state index is 0.300. The second-order valence-corrected chi connectivity index (χ2v) is 6.93. The molecule has 2 aromatic rings. The monoisotopic (exact) mass is 383 g/mol. The van der Waals surface area contributed by atoms with Gasteiger partial charge < -0.3 is 19.5 Å². The van der Waals surface area contributed by atoms with Crippen LogP contribution in [0.1, 0.15) is 41.3 Å². The van der Waals surface area contributed by atoms with E-state index in [1.54, 1.807) is 12.1 Å². The molecular weight excluding hydrogens is 358 g/mol. The molecule has 1 N–H and O–H groups in total. The molecule has 6 heteroatoms. The van der Waals surface area contributed by atoms with Gasteiger partial charge in [0.05, 0.1) is 5.56 Å². The highest BCUT2D eigenvalue weighted by Gasteiger charge is 2.13. The van der Waals surface area contributed by atoms with Crippen LogP contribution in [0, 0.1) is 0 Å². The Balaban J connectivity index is 1.40. The lowest BCUT2D eigenvalue weighted by Gasteiger charge is -2.18. The van der Waals surface area contributed by atoms with E-state index in [0.29, 0.717) is 37.7 Å². The first kappa shape index (κ1) is 19.7. The molecule has 28 heavy (non-hydrogen) atoms. The number of esters is 1. The van der Waals surface area contributed by atoms with E-state index in [0.717, 1.165) is 22.6 Å². The summed E-state index contributed by atoms with van der Waals surface area (Å²) in [6.07, 6.45) is 0.646. The van der Waals surface area contributed by atoms with Crippen LogP contribution in [0.15, 0.2) is 42.5 Å². The summed E-state index contributed by atoms with van der Waals surface area (Å²) in [5, 5.41) is 2.75. The van der Waals surface area contributed by atoms with Crippen LogP contribution >= 0.6 is 0 Å². The SMILES string of the molecule is CC(C)c1ccc(C(=O)OCC(=O)NCCc2ccc3c(c2)OCCO3)cc1. The van der Waals surface area contributed by atoms with E-state index < -0.39 is 5.97 Å². The molecule has 0 saturated carbocycles. The molecule has 0 bridgehead atoms. The largest absolute Gasteiger partial charge is 0.486 e. The number of hydrogen-bond acceptors (Lipinski definition) is 5. The summed E-state index contributed by atoms with van der Waals surface area (Å²) >= 11 is 0. The summed E-state index contributed by atoms with van der Waals surface area (Å²) in [4.78, 5) is 23.9. The third-order valence-corrected chi connectivity index (χ3v) is 4.49. The van der Waals surface area contributed by atoms with E-state index in [-0.39, 0.29) is 12.5 Å². The van der Waals surface area contributed by atoms with Crippen LogP contribution in [0.5, 0.6) is 11.5 Å². The fourth-order valence-corrected chi connectivity index (χ4v) is 2.86. The summed E-state index contributed by atoms with van der Waals surface area (Å²) in [6, 6.07) is 13.0. The van der Waals surface area contributed by atoms with Crippen molar-refractivity contribution in [3.63, 3.8) is 0 Å². The minimum atomic E-state index is -0.503. The van der Waals surface area contributed by atoms with Gasteiger partial charge in [0.2, 0.25) is 0 Å². The Morgan fingerprint density at radius 1 is 1.04 bits per heavy atom. The highest BCUT2D eigenvalue weighted by atomic mass is 16.6. The highest BCUT2D eigenvalue weighted by Crippen LogP contribution is 2.30. The van der Waals surface area contributed by atoms with Gasteiger partial charge in [-0.2, -0.15) is 0 Å². The number of nitrogens with one attached hydrogen (secondary N) is 1. The van der Waals surface area contributed by atoms with Gasteiger partial charge in [0.1, 0.15) is 13.2 Å². The van der Waals surface area contributed by atoms with E-state index in [9.17, 15) is 9.59 Å². The molecule has 0 spiro atoms. The predicted octanol–water partition coefficient (Wildman–Crippen LogP) is 3.10. The maximum Gasteiger partial charge on any atom is 0.338 e. The molecule has 1 heterocycles. The summed E-state index contributed by atoms with van der Waals surface area (Å²) in [6.45, 7) is 5.41. The number of ether oxygens (including phenoxy) is 3. The van der Waals surface area contributed by atoms with Crippen molar-refractivity contribution in [2.45, 2.75) is 26.2 Å². The molecule has 0 atom stereocenters. The Morgan fingerprint density at radius 3 is 2.46 bits per heavy atom. The minimum Gasteiger partial charge on any atom is -0.486 e. The van der Waals surface area contributed by atoms with E-state index in [2.05, 4.69) is 19.2 Å². The first-order chi connectivity index (χ1) is 13.5. The third-order valence-electron chi connectivity index (χ3n) is 4.49. The van der Waals surface area contributed by atoms with Crippen molar-refractivity contribution in [3.05, 3.63) is 59.2 Å². The topological polar surface area (TPSA) is 73.9 Å². The molecular formula is C22H25NO5. The molecule has 1 aliphatic heterocycles. The van der Waals surface area contributed by atoms with Crippen LogP contribution in [0.2, 0.25) is 0 Å². The quantitative estimate of drug-likeness (QED) is 0.744. The third kappa shape index (κ3) is 5.25. The summed E-state index contributed by atoms with van der Waals surface area (Å²) in [5.41, 5.74) is 2.62. The maximum absolute atomic E-state index is 12.0. The number of carbonyl (C=O) groups is 2. The van der Waals surface area contributed by atoms with Gasteiger partial charge in [-0.25, -0.2) is 4.79 Å². The lowest BCUT2D eigenvalue weighted by Crippen LogP contribution is -2.30. The Bertz CT molecular complexity index is 829. The molecule has 0 aromatic heterocycles. The van der Waals surface area contributed by atoms with E-state index in [1.165, 1.54) is 0 Å². The van der Waals surface area contributed by atoms with Crippen LogP contribution in [-0.4, -0.2) is 38.2 Å². The van der Waals surface area contributed by atoms with Crippen molar-refractivity contribution in [1.29, 1.82) is 0 Å². The summed E-state index contributed by atoms with van der Waals surface area (Å²) in [5.74, 6) is 1.03. The molecule has 0 unspecified atom stereocenters. The molecule has 1 amide bonds. The molecule has 6 nitrogen and oxygen atoms in total. The Hall–Kier alpha value is -3.02. The zero-order chi connectivity index (χ0) is 19.9. The first-order valence-electron chi connectivity index (χ1n) is 9.45. The average Bonchev–Trinajstić information content (AvgIpc) is 2.72. The molecule has 0 fully saturated rings. The number of rotatable bonds is 7. The fraction of sp³-hybridized carbons (Fsp3) is 0.364. The van der Waals surface area contributed by atoms with Crippen LogP contribution < -0.4 is 14.8 Å². The highest BCUT2D eigenvalue weighted by molar-refractivity contribution is 5.91. The molecule has 0 radical (unpaired) electrons. The molecule has 1 aliphatic rings. The van der Waals surface area contributed by atoms with Crippen molar-refractivity contribution in [2.75, 3.05) is 26.4 Å². The Morgan fingerprint density at radius 2 is 1.75 bits per heavy atom. The van der Waals surface area contributed by atoms with Gasteiger partial charge >= 0.3 is 5.97 Å². The lowest BCUT2D eigenvalue weighted by molar-refractivity contribution is -0.124. The number of carbonyl (C=O) groups excluding carboxylic acids is 2. The molecule has 3 rings (SSSR count). The zero-order valence-electron chi connectivity index (χ0n) is 16.2. The first-order valence-corrected chi connectivity index (χ1v) is 9.45. The van der Waals surface area contributed by atoms with Gasteiger partial charge in [0, 0.05) is 6.54 Å². The van der Waals surface area contributed by atoms with Crippen LogP contribution in [0.25, 0.3) is 0 Å². The number of benzene rings is 2. The summed E-state index contributed by atoms with van der Waals surface area (Å²) < 4.78 is 16.1. The molecule has 0 aliphatic carbocycles. The van der Waals surface area contributed by atoms with Crippen molar-refractivity contribution < 1.29 is 23.8 Å². The smallest absolute Gasteiger partial charge is 0.338 e. The van der Waals surface area contributed by atoms with Gasteiger partial charge in [-0.15, -0.1) is 0 Å². The van der Waals surface area contributed by atoms with E-state index >= 15 is 0 Å². The number of amides is 1. The fourth-order valence-electron chi connectivity index (χ4n) is 2.86. The van der Waals surface area contributed by atoms with E-state index in [4.69, 9.17) is 14.2 Å². The van der Waals surface area contributed by atoms with Gasteiger partial charge in [0.25, 0.3) is 5.91 Å². The molecule has 2 aromatic carbocycles. The van der Waals surface area contributed by atoms with Crippen molar-refractivity contribution in [2.24, 2.45) is 0 Å². The standard InChI is InChI=1S/C22H25NO5/c1-15(2)17-4-6-18(7-5-17)22(25)28-14-21(24)23-10-9-16-3-8-19-20(13-16)27-12-11-26-19/h3-8,13,15H,9-12,14H2,1-2H3,(H,23,24). The van der Waals surface area contributed by atoms with Gasteiger partial charge in [-0.3, -0.25) is 4.79 Å². The van der Waals surface area contributed by atoms with Crippen molar-refractivity contribution in [1.82, 2.24) is 5.32 Å². The molecule has 0 saturated heterocycles. The van der Waals surface area contributed by atoms with Gasteiger partial charge in [-0.1, -0.05) is 32.0 Å². The van der Waals surface area contributed by atoms with Gasteiger partial charge in [0.15, 0.2) is 18.1 Å². The van der Waals surface area contributed by atoms with Crippen molar-refractivity contribution >= 4 is 11.9 Å². The Labute approximate surface area is 164 Å². The van der Waals surface area contributed by atoms with Crippen LogP contribution in [-0.2, 0) is 16.0 Å². The Kier molecular flexibility index (Phi) is 6.53. The van der Waals surface area contributed by atoms with E-state index in [1.807, 2.05) is 30.3 Å². The van der Waals surface area contributed by atoms with Gasteiger partial charge in [-0.05, 0) is 47.7 Å². The second-order valence-electron chi connectivity index (χ2n) is 6.93. The number of fused-ring (bicyclic) bond motifs is 1. The maximum atomic E-state index is 12.0. The normalized spacial score (nSPS) is 12.5. The average molecular weight is 383 g/mol. The second kappa shape index (κ2) is 9.26. The summed E-state index contributed by atoms with van der Waals surface area (Å²) in [7, 11) is 0. The predicted molar refractivity (Wildman–Crippen MR) is 105 cm³/mol.